The minimum atomic E-state index is -0.985. The van der Waals surface area contributed by atoms with E-state index in [1.807, 2.05) is 6.92 Å². The summed E-state index contributed by atoms with van der Waals surface area (Å²) < 4.78 is 0. The summed E-state index contributed by atoms with van der Waals surface area (Å²) in [4.78, 5) is 37.8. The average molecular weight is 290 g/mol. The number of hydrogen-bond acceptors (Lipinski definition) is 3. The maximum absolute atomic E-state index is 12.0. The van der Waals surface area contributed by atoms with E-state index in [0.717, 1.165) is 12.0 Å². The van der Waals surface area contributed by atoms with E-state index in [9.17, 15) is 14.4 Å². The SMILES string of the molecule is CCCN1CC(=O)N(Cc2ccc(C(=O)O)cc2)CC1=O. The van der Waals surface area contributed by atoms with Crippen LogP contribution in [-0.2, 0) is 16.1 Å². The molecule has 6 heteroatoms. The van der Waals surface area contributed by atoms with E-state index in [-0.39, 0.29) is 30.5 Å². The molecule has 0 aromatic heterocycles. The Labute approximate surface area is 123 Å². The van der Waals surface area contributed by atoms with Gasteiger partial charge < -0.3 is 14.9 Å². The van der Waals surface area contributed by atoms with Crippen molar-refractivity contribution in [3.8, 4) is 0 Å². The van der Waals surface area contributed by atoms with Gasteiger partial charge in [0, 0.05) is 13.1 Å². The van der Waals surface area contributed by atoms with Gasteiger partial charge in [-0.15, -0.1) is 0 Å². The van der Waals surface area contributed by atoms with Gasteiger partial charge in [0.2, 0.25) is 11.8 Å². The first-order valence-corrected chi connectivity index (χ1v) is 6.89. The van der Waals surface area contributed by atoms with E-state index in [0.29, 0.717) is 13.1 Å². The summed E-state index contributed by atoms with van der Waals surface area (Å²) >= 11 is 0. The fourth-order valence-electron chi connectivity index (χ4n) is 2.29. The number of carboxylic acid groups (broad SMARTS) is 1. The van der Waals surface area contributed by atoms with Crippen LogP contribution in [0.5, 0.6) is 0 Å². The van der Waals surface area contributed by atoms with Gasteiger partial charge >= 0.3 is 5.97 Å². The minimum Gasteiger partial charge on any atom is -0.478 e. The van der Waals surface area contributed by atoms with Crippen LogP contribution in [0, 0.1) is 0 Å². The van der Waals surface area contributed by atoms with Crippen LogP contribution in [0.25, 0.3) is 0 Å². The maximum Gasteiger partial charge on any atom is 0.335 e. The first kappa shape index (κ1) is 15.0. The van der Waals surface area contributed by atoms with Crippen molar-refractivity contribution in [1.82, 2.24) is 9.80 Å². The lowest BCUT2D eigenvalue weighted by Gasteiger charge is -2.33. The molecule has 0 unspecified atom stereocenters. The fraction of sp³-hybridized carbons (Fsp3) is 0.400. The van der Waals surface area contributed by atoms with Gasteiger partial charge in [0.15, 0.2) is 0 Å². The lowest BCUT2D eigenvalue weighted by atomic mass is 10.1. The Morgan fingerprint density at radius 3 is 2.24 bits per heavy atom. The monoisotopic (exact) mass is 290 g/mol. The Kier molecular flexibility index (Phi) is 4.57. The number of nitrogens with zero attached hydrogens (tertiary/aromatic N) is 2. The molecular formula is C15H18N2O4. The summed E-state index contributed by atoms with van der Waals surface area (Å²) in [5, 5.41) is 8.84. The molecule has 0 aliphatic carbocycles. The molecule has 1 heterocycles. The molecule has 0 spiro atoms. The van der Waals surface area contributed by atoms with Gasteiger partial charge in [0.05, 0.1) is 12.1 Å². The molecular weight excluding hydrogens is 272 g/mol. The molecule has 2 amide bonds. The lowest BCUT2D eigenvalue weighted by molar-refractivity contribution is -0.150. The van der Waals surface area contributed by atoms with Crippen LogP contribution in [-0.4, -0.2) is 52.3 Å². The van der Waals surface area contributed by atoms with E-state index < -0.39 is 5.97 Å². The van der Waals surface area contributed by atoms with E-state index in [1.165, 1.54) is 17.0 Å². The number of carbonyl (C=O) groups is 3. The average Bonchev–Trinajstić information content (AvgIpc) is 2.45. The van der Waals surface area contributed by atoms with Crippen molar-refractivity contribution < 1.29 is 19.5 Å². The second kappa shape index (κ2) is 6.39. The zero-order valence-electron chi connectivity index (χ0n) is 11.9. The van der Waals surface area contributed by atoms with Crippen molar-refractivity contribution in [3.63, 3.8) is 0 Å². The number of piperazine rings is 1. The molecule has 0 radical (unpaired) electrons. The molecule has 1 aliphatic rings. The van der Waals surface area contributed by atoms with Crippen molar-refractivity contribution in [2.45, 2.75) is 19.9 Å². The van der Waals surface area contributed by atoms with Crippen molar-refractivity contribution in [2.75, 3.05) is 19.6 Å². The Balaban J connectivity index is 2.01. The van der Waals surface area contributed by atoms with E-state index in [2.05, 4.69) is 0 Å². The lowest BCUT2D eigenvalue weighted by Crippen LogP contribution is -2.53. The molecule has 1 aliphatic heterocycles. The standard InChI is InChI=1S/C15H18N2O4/c1-2-7-16-9-14(19)17(10-13(16)18)8-11-3-5-12(6-4-11)15(20)21/h3-6H,2,7-10H2,1H3,(H,20,21). The van der Waals surface area contributed by atoms with Gasteiger partial charge in [-0.25, -0.2) is 4.79 Å². The highest BCUT2D eigenvalue weighted by atomic mass is 16.4. The van der Waals surface area contributed by atoms with Crippen LogP contribution in [0.1, 0.15) is 29.3 Å². The maximum atomic E-state index is 12.0. The Morgan fingerprint density at radius 1 is 1.10 bits per heavy atom. The number of benzene rings is 1. The normalized spacial score (nSPS) is 15.5. The van der Waals surface area contributed by atoms with Gasteiger partial charge in [-0.1, -0.05) is 19.1 Å². The Morgan fingerprint density at radius 2 is 1.67 bits per heavy atom. The third kappa shape index (κ3) is 3.59. The second-order valence-corrected chi connectivity index (χ2v) is 5.07. The fourth-order valence-corrected chi connectivity index (χ4v) is 2.29. The summed E-state index contributed by atoms with van der Waals surface area (Å²) in [5.74, 6) is -1.11. The highest BCUT2D eigenvalue weighted by Crippen LogP contribution is 2.12. The van der Waals surface area contributed by atoms with Crippen molar-refractivity contribution in [3.05, 3.63) is 35.4 Å². The van der Waals surface area contributed by atoms with E-state index in [4.69, 9.17) is 5.11 Å². The number of hydrogen-bond donors (Lipinski definition) is 1. The number of carbonyl (C=O) groups excluding carboxylic acids is 2. The molecule has 1 N–H and O–H groups in total. The summed E-state index contributed by atoms with van der Waals surface area (Å²) in [6.07, 6.45) is 0.829. The van der Waals surface area contributed by atoms with E-state index >= 15 is 0 Å². The molecule has 6 nitrogen and oxygen atoms in total. The van der Waals surface area contributed by atoms with Crippen LogP contribution in [0.4, 0.5) is 0 Å². The Hall–Kier alpha value is -2.37. The molecule has 1 fully saturated rings. The summed E-state index contributed by atoms with van der Waals surface area (Å²) in [6, 6.07) is 6.33. The molecule has 1 saturated heterocycles. The largest absolute Gasteiger partial charge is 0.478 e. The second-order valence-electron chi connectivity index (χ2n) is 5.07. The molecule has 0 atom stereocenters. The molecule has 1 aromatic rings. The number of aromatic carboxylic acids is 1. The molecule has 112 valence electrons. The van der Waals surface area contributed by atoms with E-state index in [1.54, 1.807) is 17.0 Å². The van der Waals surface area contributed by atoms with Gasteiger partial charge in [-0.2, -0.15) is 0 Å². The number of rotatable bonds is 5. The number of carboxylic acids is 1. The summed E-state index contributed by atoms with van der Waals surface area (Å²) in [5.41, 5.74) is 1.01. The van der Waals surface area contributed by atoms with Gasteiger partial charge in [0.25, 0.3) is 0 Å². The molecule has 0 bridgehead atoms. The third-order valence-corrected chi connectivity index (χ3v) is 3.43. The zero-order valence-corrected chi connectivity index (χ0v) is 11.9. The quantitative estimate of drug-likeness (QED) is 0.876. The minimum absolute atomic E-state index is 0.0430. The van der Waals surface area contributed by atoms with Crippen LogP contribution in [0.3, 0.4) is 0 Å². The first-order valence-electron chi connectivity index (χ1n) is 6.89. The number of amides is 2. The molecule has 21 heavy (non-hydrogen) atoms. The van der Waals surface area contributed by atoms with Crippen molar-refractivity contribution in [2.24, 2.45) is 0 Å². The predicted octanol–water partition coefficient (Wildman–Crippen LogP) is 0.966. The first-order chi connectivity index (χ1) is 10.0. The van der Waals surface area contributed by atoms with Crippen LogP contribution in [0.15, 0.2) is 24.3 Å². The molecule has 0 saturated carbocycles. The third-order valence-electron chi connectivity index (χ3n) is 3.43. The Bertz CT molecular complexity index is 553. The van der Waals surface area contributed by atoms with Crippen molar-refractivity contribution in [1.29, 1.82) is 0 Å². The van der Waals surface area contributed by atoms with Crippen LogP contribution >= 0.6 is 0 Å². The van der Waals surface area contributed by atoms with Crippen LogP contribution in [0.2, 0.25) is 0 Å². The van der Waals surface area contributed by atoms with Crippen molar-refractivity contribution >= 4 is 17.8 Å². The molecule has 2 rings (SSSR count). The van der Waals surface area contributed by atoms with Gasteiger partial charge in [0.1, 0.15) is 6.54 Å². The van der Waals surface area contributed by atoms with Gasteiger partial charge in [-0.05, 0) is 24.1 Å². The predicted molar refractivity (Wildman–Crippen MR) is 75.7 cm³/mol. The smallest absolute Gasteiger partial charge is 0.335 e. The highest BCUT2D eigenvalue weighted by molar-refractivity contribution is 5.92. The van der Waals surface area contributed by atoms with Crippen LogP contribution < -0.4 is 0 Å². The summed E-state index contributed by atoms with van der Waals surface area (Å²) in [7, 11) is 0. The van der Waals surface area contributed by atoms with Gasteiger partial charge in [-0.3, -0.25) is 9.59 Å². The molecule has 1 aromatic carbocycles. The summed E-state index contributed by atoms with van der Waals surface area (Å²) in [6.45, 7) is 3.10. The topological polar surface area (TPSA) is 77.9 Å². The zero-order chi connectivity index (χ0) is 15.4. The highest BCUT2D eigenvalue weighted by Gasteiger charge is 2.29.